The maximum atomic E-state index is 15.0. The summed E-state index contributed by atoms with van der Waals surface area (Å²) in [7, 11) is 0. The number of rotatable bonds is 10. The second kappa shape index (κ2) is 9.59. The lowest BCUT2D eigenvalue weighted by molar-refractivity contribution is -0.286. The van der Waals surface area contributed by atoms with E-state index in [-0.39, 0.29) is 35.8 Å². The number of alkyl halides is 2. The molecule has 0 saturated heterocycles. The van der Waals surface area contributed by atoms with Gasteiger partial charge >= 0.3 is 6.29 Å². The number of aliphatic hydroxyl groups is 2. The normalized spacial score (nSPS) is 19.1. The largest absolute Gasteiger partial charge is 0.586 e. The van der Waals surface area contributed by atoms with Gasteiger partial charge < -0.3 is 29.7 Å². The molecule has 3 N–H and O–H groups in total. The van der Waals surface area contributed by atoms with E-state index in [4.69, 9.17) is 9.84 Å². The van der Waals surface area contributed by atoms with Crippen LogP contribution >= 0.6 is 0 Å². The summed E-state index contributed by atoms with van der Waals surface area (Å²) in [5.74, 6) is -1.19. The SMILES string of the molecule is CC(C)(CCOC[C@@H](O)CO)C1=Cc2cc(NC(=O)C3(c4ccc5c(c4)OC(F)(F)O5)CC3)c(F)cc2C1. The average Bonchev–Trinajstić information content (AvgIpc) is 3.47. The molecule has 0 bridgehead atoms. The monoisotopic (exact) mass is 533 g/mol. The van der Waals surface area contributed by atoms with Crippen molar-refractivity contribution in [3.63, 3.8) is 0 Å². The van der Waals surface area contributed by atoms with Gasteiger partial charge in [0, 0.05) is 6.61 Å². The number of hydrogen-bond donors (Lipinski definition) is 3. The number of carbonyl (C=O) groups is 1. The van der Waals surface area contributed by atoms with Gasteiger partial charge in [-0.2, -0.15) is 0 Å². The first-order valence-corrected chi connectivity index (χ1v) is 12.5. The predicted molar refractivity (Wildman–Crippen MR) is 133 cm³/mol. The summed E-state index contributed by atoms with van der Waals surface area (Å²) >= 11 is 0. The molecule has 1 saturated carbocycles. The number of aliphatic hydroxyl groups excluding tert-OH is 2. The molecule has 0 spiro atoms. The van der Waals surface area contributed by atoms with Crippen LogP contribution in [0.25, 0.3) is 6.08 Å². The van der Waals surface area contributed by atoms with E-state index in [0.717, 1.165) is 16.7 Å². The number of halogens is 3. The lowest BCUT2D eigenvalue weighted by Crippen LogP contribution is -2.28. The van der Waals surface area contributed by atoms with Gasteiger partial charge in [-0.25, -0.2) is 4.39 Å². The zero-order valence-electron chi connectivity index (χ0n) is 21.2. The lowest BCUT2D eigenvalue weighted by atomic mass is 9.80. The van der Waals surface area contributed by atoms with Crippen molar-refractivity contribution in [3.05, 3.63) is 58.4 Å². The number of nitrogens with one attached hydrogen (secondary N) is 1. The number of allylic oxidation sites excluding steroid dienone is 1. The highest BCUT2D eigenvalue weighted by molar-refractivity contribution is 6.02. The Bertz CT molecular complexity index is 1290. The van der Waals surface area contributed by atoms with Gasteiger partial charge in [0.05, 0.1) is 24.3 Å². The zero-order chi connectivity index (χ0) is 27.3. The van der Waals surface area contributed by atoms with E-state index in [2.05, 4.69) is 28.6 Å². The topological polar surface area (TPSA) is 97.2 Å². The zero-order valence-corrected chi connectivity index (χ0v) is 21.2. The number of anilines is 1. The summed E-state index contributed by atoms with van der Waals surface area (Å²) in [6.07, 6.45) is -0.427. The van der Waals surface area contributed by atoms with E-state index in [1.807, 2.05) is 6.08 Å². The van der Waals surface area contributed by atoms with Crippen LogP contribution < -0.4 is 14.8 Å². The third kappa shape index (κ3) is 5.12. The Morgan fingerprint density at radius 2 is 1.92 bits per heavy atom. The number of ether oxygens (including phenoxy) is 3. The van der Waals surface area contributed by atoms with Crippen LogP contribution in [0.5, 0.6) is 11.5 Å². The second-order valence-electron chi connectivity index (χ2n) is 10.8. The van der Waals surface area contributed by atoms with Crippen molar-refractivity contribution in [2.45, 2.75) is 57.3 Å². The van der Waals surface area contributed by atoms with Crippen LogP contribution in [-0.4, -0.2) is 48.3 Å². The van der Waals surface area contributed by atoms with E-state index in [1.54, 1.807) is 12.1 Å². The first-order chi connectivity index (χ1) is 17.9. The van der Waals surface area contributed by atoms with E-state index >= 15 is 4.39 Å². The Morgan fingerprint density at radius 1 is 1.18 bits per heavy atom. The smallest absolute Gasteiger partial charge is 0.395 e. The summed E-state index contributed by atoms with van der Waals surface area (Å²) in [6.45, 7) is 4.22. The Hall–Kier alpha value is -3.08. The molecule has 1 heterocycles. The van der Waals surface area contributed by atoms with E-state index in [0.29, 0.717) is 37.9 Å². The molecule has 5 rings (SSSR count). The van der Waals surface area contributed by atoms with Crippen molar-refractivity contribution in [1.82, 2.24) is 0 Å². The average molecular weight is 534 g/mol. The number of fused-ring (bicyclic) bond motifs is 2. The molecule has 2 aliphatic carbocycles. The molecule has 0 radical (unpaired) electrons. The molecule has 2 aromatic carbocycles. The third-order valence-electron chi connectivity index (χ3n) is 7.59. The predicted octanol–water partition coefficient (Wildman–Crippen LogP) is 4.54. The van der Waals surface area contributed by atoms with Crippen molar-refractivity contribution in [2.24, 2.45) is 5.41 Å². The Labute approximate surface area is 218 Å². The first kappa shape index (κ1) is 26.5. The van der Waals surface area contributed by atoms with Gasteiger partial charge in [-0.15, -0.1) is 8.78 Å². The highest BCUT2D eigenvalue weighted by Crippen LogP contribution is 2.52. The van der Waals surface area contributed by atoms with Crippen LogP contribution in [0.15, 0.2) is 35.9 Å². The van der Waals surface area contributed by atoms with Crippen LogP contribution in [-0.2, 0) is 21.4 Å². The van der Waals surface area contributed by atoms with E-state index < -0.39 is 29.5 Å². The van der Waals surface area contributed by atoms with Gasteiger partial charge in [0.15, 0.2) is 11.5 Å². The van der Waals surface area contributed by atoms with Crippen molar-refractivity contribution < 1.29 is 42.4 Å². The summed E-state index contributed by atoms with van der Waals surface area (Å²) in [6, 6.07) is 7.34. The van der Waals surface area contributed by atoms with Crippen LogP contribution in [0, 0.1) is 11.2 Å². The van der Waals surface area contributed by atoms with Crippen LogP contribution in [0.2, 0.25) is 0 Å². The van der Waals surface area contributed by atoms with E-state index in [1.165, 1.54) is 18.2 Å². The van der Waals surface area contributed by atoms with Gasteiger partial charge in [0.25, 0.3) is 0 Å². The number of hydrogen-bond acceptors (Lipinski definition) is 6. The van der Waals surface area contributed by atoms with Crippen LogP contribution in [0.4, 0.5) is 18.9 Å². The molecule has 10 heteroatoms. The highest BCUT2D eigenvalue weighted by Gasteiger charge is 2.53. The van der Waals surface area contributed by atoms with Gasteiger partial charge in [-0.3, -0.25) is 4.79 Å². The number of benzene rings is 2. The minimum atomic E-state index is -3.75. The van der Waals surface area contributed by atoms with Crippen LogP contribution in [0.3, 0.4) is 0 Å². The summed E-state index contributed by atoms with van der Waals surface area (Å²) in [4.78, 5) is 13.3. The van der Waals surface area contributed by atoms with Crippen molar-refractivity contribution in [2.75, 3.05) is 25.1 Å². The third-order valence-corrected chi connectivity index (χ3v) is 7.59. The van der Waals surface area contributed by atoms with Gasteiger partial charge in [0.1, 0.15) is 11.9 Å². The molecule has 1 fully saturated rings. The van der Waals surface area contributed by atoms with Crippen molar-refractivity contribution in [1.29, 1.82) is 0 Å². The first-order valence-electron chi connectivity index (χ1n) is 12.5. The van der Waals surface area contributed by atoms with Gasteiger partial charge in [-0.05, 0) is 72.1 Å². The minimum absolute atomic E-state index is 0.0559. The second-order valence-corrected chi connectivity index (χ2v) is 10.8. The van der Waals surface area contributed by atoms with E-state index in [9.17, 15) is 18.7 Å². The Morgan fingerprint density at radius 3 is 2.63 bits per heavy atom. The molecule has 1 aliphatic heterocycles. The molecule has 3 aliphatic rings. The standard InChI is InChI=1S/C28H30F3NO6/c1-26(2,7-8-36-15-20(34)14-33)19-9-16-11-21(29)22(12-17(16)10-19)32-25(35)27(5-6-27)18-3-4-23-24(13-18)38-28(30,31)37-23/h3-4,10-13,20,33-34H,5-9,14-15H2,1-2H3,(H,32,35)/t20-/m0/s1. The Kier molecular flexibility index (Phi) is 6.69. The minimum Gasteiger partial charge on any atom is -0.395 e. The number of carbonyl (C=O) groups excluding carboxylic acids is 1. The highest BCUT2D eigenvalue weighted by atomic mass is 19.3. The molecule has 0 aromatic heterocycles. The maximum absolute atomic E-state index is 15.0. The summed E-state index contributed by atoms with van der Waals surface area (Å²) < 4.78 is 56.3. The molecule has 1 amide bonds. The molecule has 2 aromatic rings. The van der Waals surface area contributed by atoms with Gasteiger partial charge in [-0.1, -0.05) is 31.6 Å². The van der Waals surface area contributed by atoms with Crippen LogP contribution in [0.1, 0.15) is 49.8 Å². The van der Waals surface area contributed by atoms with Gasteiger partial charge in [0.2, 0.25) is 5.91 Å². The molecular formula is C28H30F3NO6. The summed E-state index contributed by atoms with van der Waals surface area (Å²) in [5, 5.41) is 21.0. The van der Waals surface area contributed by atoms with Crippen molar-refractivity contribution in [3.8, 4) is 11.5 Å². The lowest BCUT2D eigenvalue weighted by Gasteiger charge is -2.26. The van der Waals surface area contributed by atoms with Crippen molar-refractivity contribution >= 4 is 17.7 Å². The summed E-state index contributed by atoms with van der Waals surface area (Å²) in [5.41, 5.74) is 2.09. The quantitative estimate of drug-likeness (QED) is 0.388. The fourth-order valence-corrected chi connectivity index (χ4v) is 4.91. The molecule has 1 atom stereocenters. The molecule has 204 valence electrons. The fourth-order valence-electron chi connectivity index (χ4n) is 4.91. The fraction of sp³-hybridized carbons (Fsp3) is 0.464. The molecule has 7 nitrogen and oxygen atoms in total. The molecule has 0 unspecified atom stereocenters. The Balaban J connectivity index is 1.28. The maximum Gasteiger partial charge on any atom is 0.586 e. The molecular weight excluding hydrogens is 503 g/mol. The number of amides is 1. The molecule has 38 heavy (non-hydrogen) atoms.